The smallest absolute Gasteiger partial charge is 0.0642 e. The number of anilines is 1. The Balaban J connectivity index is 2.86. The molecule has 0 aliphatic carbocycles. The third kappa shape index (κ3) is 4.06. The Hall–Kier alpha value is -0.440. The Morgan fingerprint density at radius 2 is 2.06 bits per heavy atom. The summed E-state index contributed by atoms with van der Waals surface area (Å²) in [5.41, 5.74) is 2.10. The van der Waals surface area contributed by atoms with Gasteiger partial charge in [-0.2, -0.15) is 0 Å². The van der Waals surface area contributed by atoms with Gasteiger partial charge < -0.3 is 9.64 Å². The fourth-order valence-electron chi connectivity index (χ4n) is 1.77. The van der Waals surface area contributed by atoms with Crippen molar-refractivity contribution in [3.8, 4) is 0 Å². The zero-order valence-corrected chi connectivity index (χ0v) is 11.9. The highest BCUT2D eigenvalue weighted by molar-refractivity contribution is 6.33. The number of benzene rings is 1. The monoisotopic (exact) mass is 275 g/mol. The molecule has 0 radical (unpaired) electrons. The lowest BCUT2D eigenvalue weighted by Crippen LogP contribution is -2.28. The lowest BCUT2D eigenvalue weighted by Gasteiger charge is -2.26. The fraction of sp³-hybridized carbons (Fsp3) is 0.538. The summed E-state index contributed by atoms with van der Waals surface area (Å²) in [4.78, 5) is 2.20. The zero-order chi connectivity index (χ0) is 12.7. The molecule has 0 fully saturated rings. The second-order valence-electron chi connectivity index (χ2n) is 3.66. The molecular formula is C13H19Cl2NO. The van der Waals surface area contributed by atoms with E-state index >= 15 is 0 Å². The highest BCUT2D eigenvalue weighted by atomic mass is 35.5. The third-order valence-electron chi connectivity index (χ3n) is 2.62. The molecule has 0 bridgehead atoms. The van der Waals surface area contributed by atoms with Gasteiger partial charge in [0.05, 0.1) is 17.3 Å². The van der Waals surface area contributed by atoms with E-state index in [0.29, 0.717) is 12.5 Å². The number of ether oxygens (including phenoxy) is 1. The predicted octanol–water partition coefficient (Wildman–Crippen LogP) is 3.94. The maximum atomic E-state index is 6.25. The van der Waals surface area contributed by atoms with Crippen LogP contribution in [0.2, 0.25) is 5.02 Å². The number of hydrogen-bond acceptors (Lipinski definition) is 2. The summed E-state index contributed by atoms with van der Waals surface area (Å²) in [6, 6.07) is 5.84. The third-order valence-corrected chi connectivity index (χ3v) is 3.21. The molecule has 0 aliphatic rings. The summed E-state index contributed by atoms with van der Waals surface area (Å²) in [6.07, 6.45) is 0. The van der Waals surface area contributed by atoms with Crippen molar-refractivity contribution >= 4 is 28.9 Å². The summed E-state index contributed by atoms with van der Waals surface area (Å²) in [5.74, 6) is 0.473. The number of rotatable bonds is 7. The van der Waals surface area contributed by atoms with E-state index in [4.69, 9.17) is 27.9 Å². The second kappa shape index (κ2) is 7.80. The van der Waals surface area contributed by atoms with E-state index in [1.54, 1.807) is 0 Å². The van der Waals surface area contributed by atoms with E-state index in [0.717, 1.165) is 36.0 Å². The van der Waals surface area contributed by atoms with Gasteiger partial charge in [0.2, 0.25) is 0 Å². The first kappa shape index (κ1) is 14.6. The van der Waals surface area contributed by atoms with Gasteiger partial charge in [0, 0.05) is 25.6 Å². The van der Waals surface area contributed by atoms with Gasteiger partial charge in [-0.1, -0.05) is 23.7 Å². The zero-order valence-electron chi connectivity index (χ0n) is 10.4. The van der Waals surface area contributed by atoms with Gasteiger partial charge in [0.1, 0.15) is 0 Å². The number of hydrogen-bond donors (Lipinski definition) is 0. The van der Waals surface area contributed by atoms with Gasteiger partial charge in [0.15, 0.2) is 0 Å². The van der Waals surface area contributed by atoms with Crippen LogP contribution >= 0.6 is 23.2 Å². The molecule has 1 rings (SSSR count). The standard InChI is InChI=1S/C13H19Cl2NO/c1-3-16(8-9-17-4-2)13-11(10-14)6-5-7-12(13)15/h5-7H,3-4,8-10H2,1-2H3. The van der Waals surface area contributed by atoms with E-state index < -0.39 is 0 Å². The van der Waals surface area contributed by atoms with Crippen molar-refractivity contribution in [2.45, 2.75) is 19.7 Å². The molecule has 0 atom stereocenters. The quantitative estimate of drug-likeness (QED) is 0.552. The van der Waals surface area contributed by atoms with Crippen LogP contribution < -0.4 is 4.90 Å². The lowest BCUT2D eigenvalue weighted by atomic mass is 10.2. The minimum atomic E-state index is 0.473. The molecule has 0 spiro atoms. The van der Waals surface area contributed by atoms with Crippen LogP contribution in [-0.2, 0) is 10.6 Å². The molecule has 1 aromatic rings. The molecule has 96 valence electrons. The molecule has 4 heteroatoms. The van der Waals surface area contributed by atoms with Crippen LogP contribution in [0.5, 0.6) is 0 Å². The number of likely N-dealkylation sites (N-methyl/N-ethyl adjacent to an activating group) is 1. The van der Waals surface area contributed by atoms with Crippen molar-refractivity contribution in [2.24, 2.45) is 0 Å². The highest BCUT2D eigenvalue weighted by Gasteiger charge is 2.12. The van der Waals surface area contributed by atoms with Gasteiger partial charge >= 0.3 is 0 Å². The Bertz CT molecular complexity index is 344. The van der Waals surface area contributed by atoms with Crippen molar-refractivity contribution in [1.29, 1.82) is 0 Å². The van der Waals surface area contributed by atoms with E-state index in [9.17, 15) is 0 Å². The summed E-state index contributed by atoms with van der Waals surface area (Å²) >= 11 is 12.2. The molecular weight excluding hydrogens is 257 g/mol. The maximum Gasteiger partial charge on any atom is 0.0642 e. The predicted molar refractivity (Wildman–Crippen MR) is 75.4 cm³/mol. The Kier molecular flexibility index (Phi) is 6.71. The molecule has 0 unspecified atom stereocenters. The van der Waals surface area contributed by atoms with E-state index in [1.807, 2.05) is 25.1 Å². The van der Waals surface area contributed by atoms with E-state index in [2.05, 4.69) is 11.8 Å². The van der Waals surface area contributed by atoms with Crippen LogP contribution in [0.3, 0.4) is 0 Å². The molecule has 17 heavy (non-hydrogen) atoms. The van der Waals surface area contributed by atoms with Gasteiger partial charge in [-0.25, -0.2) is 0 Å². The average Bonchev–Trinajstić information content (AvgIpc) is 2.35. The summed E-state index contributed by atoms with van der Waals surface area (Å²) < 4.78 is 5.38. The Labute approximate surface area is 113 Å². The Morgan fingerprint density at radius 3 is 2.65 bits per heavy atom. The van der Waals surface area contributed by atoms with Crippen LogP contribution in [0.4, 0.5) is 5.69 Å². The average molecular weight is 276 g/mol. The molecule has 0 heterocycles. The fourth-order valence-corrected chi connectivity index (χ4v) is 2.30. The van der Waals surface area contributed by atoms with Crippen LogP contribution in [0.25, 0.3) is 0 Å². The topological polar surface area (TPSA) is 12.5 Å². The minimum Gasteiger partial charge on any atom is -0.380 e. The van der Waals surface area contributed by atoms with E-state index in [-0.39, 0.29) is 0 Å². The first-order chi connectivity index (χ1) is 8.24. The maximum absolute atomic E-state index is 6.25. The van der Waals surface area contributed by atoms with Crippen molar-refractivity contribution in [3.63, 3.8) is 0 Å². The van der Waals surface area contributed by atoms with Crippen molar-refractivity contribution < 1.29 is 4.74 Å². The summed E-state index contributed by atoms with van der Waals surface area (Å²) in [5, 5.41) is 0.751. The van der Waals surface area contributed by atoms with Gasteiger partial charge in [0.25, 0.3) is 0 Å². The number of nitrogens with zero attached hydrogens (tertiary/aromatic N) is 1. The van der Waals surface area contributed by atoms with E-state index in [1.165, 1.54) is 0 Å². The normalized spacial score (nSPS) is 10.6. The lowest BCUT2D eigenvalue weighted by molar-refractivity contribution is 0.154. The molecule has 0 saturated heterocycles. The Morgan fingerprint density at radius 1 is 1.29 bits per heavy atom. The van der Waals surface area contributed by atoms with Crippen molar-refractivity contribution in [1.82, 2.24) is 0 Å². The van der Waals surface area contributed by atoms with Gasteiger partial charge in [-0.15, -0.1) is 11.6 Å². The molecule has 1 aromatic carbocycles. The van der Waals surface area contributed by atoms with Gasteiger partial charge in [-0.05, 0) is 25.5 Å². The molecule has 2 nitrogen and oxygen atoms in total. The van der Waals surface area contributed by atoms with Crippen molar-refractivity contribution in [2.75, 3.05) is 31.2 Å². The number of alkyl halides is 1. The molecule has 0 saturated carbocycles. The minimum absolute atomic E-state index is 0.473. The molecule has 0 amide bonds. The van der Waals surface area contributed by atoms with Gasteiger partial charge in [-0.3, -0.25) is 0 Å². The number of para-hydroxylation sites is 1. The molecule has 0 N–H and O–H groups in total. The first-order valence-electron chi connectivity index (χ1n) is 5.90. The van der Waals surface area contributed by atoms with Crippen LogP contribution in [0, 0.1) is 0 Å². The van der Waals surface area contributed by atoms with Crippen LogP contribution in [0.1, 0.15) is 19.4 Å². The largest absolute Gasteiger partial charge is 0.380 e. The number of halogens is 2. The molecule has 0 aliphatic heterocycles. The SMILES string of the molecule is CCOCCN(CC)c1c(Cl)cccc1CCl. The second-order valence-corrected chi connectivity index (χ2v) is 4.33. The van der Waals surface area contributed by atoms with Crippen LogP contribution in [0.15, 0.2) is 18.2 Å². The first-order valence-corrected chi connectivity index (χ1v) is 6.81. The van der Waals surface area contributed by atoms with Crippen molar-refractivity contribution in [3.05, 3.63) is 28.8 Å². The highest BCUT2D eigenvalue weighted by Crippen LogP contribution is 2.30. The molecule has 0 aromatic heterocycles. The summed E-state index contributed by atoms with van der Waals surface area (Å²) in [6.45, 7) is 7.27. The summed E-state index contributed by atoms with van der Waals surface area (Å²) in [7, 11) is 0. The van der Waals surface area contributed by atoms with Crippen LogP contribution in [-0.4, -0.2) is 26.3 Å².